The predicted molar refractivity (Wildman–Crippen MR) is 80.9 cm³/mol. The van der Waals surface area contributed by atoms with Gasteiger partial charge in [-0.25, -0.2) is 9.59 Å². The molecule has 7 nitrogen and oxygen atoms in total. The van der Waals surface area contributed by atoms with Crippen LogP contribution in [0.4, 0.5) is 4.79 Å². The number of Topliss-reactive ketones (excluding diaryl/α,β-unsaturated/α-hetero) is 1. The summed E-state index contributed by atoms with van der Waals surface area (Å²) >= 11 is 0. The van der Waals surface area contributed by atoms with Crippen LogP contribution in [0, 0.1) is 5.41 Å². The molecule has 0 aromatic carbocycles. The second-order valence-electron chi connectivity index (χ2n) is 6.86. The smallest absolute Gasteiger partial charge is 0.411 e. The zero-order valence-electron chi connectivity index (χ0n) is 14.4. The molecule has 2 atom stereocenters. The fourth-order valence-corrected chi connectivity index (χ4v) is 3.30. The van der Waals surface area contributed by atoms with E-state index in [1.54, 1.807) is 27.7 Å². The second kappa shape index (κ2) is 5.78. The maximum atomic E-state index is 12.6. The zero-order chi connectivity index (χ0) is 17.5. The Kier molecular flexibility index (Phi) is 4.45. The third kappa shape index (κ3) is 2.51. The number of amides is 1. The molecule has 0 radical (unpaired) electrons. The first-order chi connectivity index (χ1) is 10.7. The molecule has 1 heterocycles. The van der Waals surface area contributed by atoms with E-state index in [1.807, 2.05) is 6.92 Å². The average molecular weight is 327 g/mol. The molecule has 0 aromatic heterocycles. The fraction of sp³-hybridized carbons (Fsp3) is 0.812. The summed E-state index contributed by atoms with van der Waals surface area (Å²) in [5.41, 5.74) is -3.29. The molecule has 0 N–H and O–H groups in total. The molecule has 130 valence electrons. The van der Waals surface area contributed by atoms with Gasteiger partial charge in [-0.05, 0) is 41.0 Å². The first-order valence-corrected chi connectivity index (χ1v) is 7.98. The van der Waals surface area contributed by atoms with Gasteiger partial charge < -0.3 is 14.2 Å². The van der Waals surface area contributed by atoms with Crippen molar-refractivity contribution in [2.45, 2.75) is 52.2 Å². The summed E-state index contributed by atoms with van der Waals surface area (Å²) < 4.78 is 15.9. The van der Waals surface area contributed by atoms with Crippen molar-refractivity contribution in [1.82, 2.24) is 4.90 Å². The highest BCUT2D eigenvalue weighted by molar-refractivity contribution is 6.30. The molecule has 1 saturated heterocycles. The Morgan fingerprint density at radius 1 is 1.22 bits per heavy atom. The van der Waals surface area contributed by atoms with Crippen molar-refractivity contribution in [2.24, 2.45) is 5.41 Å². The summed E-state index contributed by atoms with van der Waals surface area (Å²) in [6.45, 7) is 9.64. The van der Waals surface area contributed by atoms with Gasteiger partial charge in [0.15, 0.2) is 5.78 Å². The molecule has 2 rings (SSSR count). The molecule has 1 saturated carbocycles. The molecule has 2 aliphatic rings. The molecule has 0 aromatic rings. The number of hydrogen-bond acceptors (Lipinski definition) is 6. The highest BCUT2D eigenvalue weighted by atomic mass is 16.6. The van der Waals surface area contributed by atoms with E-state index in [0.717, 1.165) is 0 Å². The van der Waals surface area contributed by atoms with Gasteiger partial charge in [-0.15, -0.1) is 0 Å². The summed E-state index contributed by atoms with van der Waals surface area (Å²) in [7, 11) is 0. The lowest BCUT2D eigenvalue weighted by molar-refractivity contribution is -0.152. The summed E-state index contributed by atoms with van der Waals surface area (Å²) in [5, 5.41) is 0. The Labute approximate surface area is 136 Å². The Balaban J connectivity index is 2.32. The van der Waals surface area contributed by atoms with E-state index in [2.05, 4.69) is 0 Å². The maximum absolute atomic E-state index is 12.6. The van der Waals surface area contributed by atoms with Crippen LogP contribution in [0.15, 0.2) is 0 Å². The number of rotatable bonds is 5. The Morgan fingerprint density at radius 2 is 1.87 bits per heavy atom. The standard InChI is InChI=1S/C16H25NO6/c1-6-21-10-15-8-9-17(13(20)23-14(3,4)5)16(15,11(15)18)12(19)22-7-2/h6-10H2,1-5H3. The molecule has 2 fully saturated rings. The predicted octanol–water partition coefficient (Wildman–Crippen LogP) is 1.53. The fourth-order valence-electron chi connectivity index (χ4n) is 3.30. The summed E-state index contributed by atoms with van der Waals surface area (Å²) in [4.78, 5) is 38.8. The van der Waals surface area contributed by atoms with E-state index in [9.17, 15) is 14.4 Å². The molecule has 1 aliphatic heterocycles. The molecule has 1 amide bonds. The topological polar surface area (TPSA) is 82.1 Å². The van der Waals surface area contributed by atoms with Gasteiger partial charge in [0.25, 0.3) is 0 Å². The number of likely N-dealkylation sites (tertiary alicyclic amines) is 1. The van der Waals surface area contributed by atoms with Gasteiger partial charge in [-0.2, -0.15) is 0 Å². The molecule has 23 heavy (non-hydrogen) atoms. The number of carbonyl (C=O) groups is 3. The van der Waals surface area contributed by atoms with Crippen molar-refractivity contribution >= 4 is 17.8 Å². The van der Waals surface area contributed by atoms with Gasteiger partial charge in [0.1, 0.15) is 5.60 Å². The number of fused-ring (bicyclic) bond motifs is 1. The monoisotopic (exact) mass is 327 g/mol. The molecule has 7 heteroatoms. The lowest BCUT2D eigenvalue weighted by atomic mass is 10.0. The van der Waals surface area contributed by atoms with Crippen LogP contribution >= 0.6 is 0 Å². The lowest BCUT2D eigenvalue weighted by Gasteiger charge is -2.29. The molecule has 2 unspecified atom stereocenters. The number of piperidine rings is 1. The van der Waals surface area contributed by atoms with Crippen LogP contribution in [0.2, 0.25) is 0 Å². The highest BCUT2D eigenvalue weighted by Crippen LogP contribution is 2.63. The van der Waals surface area contributed by atoms with Gasteiger partial charge in [-0.1, -0.05) is 0 Å². The van der Waals surface area contributed by atoms with E-state index in [1.165, 1.54) is 4.90 Å². The van der Waals surface area contributed by atoms with Crippen molar-refractivity contribution < 1.29 is 28.6 Å². The number of ether oxygens (including phenoxy) is 3. The zero-order valence-corrected chi connectivity index (χ0v) is 14.4. The van der Waals surface area contributed by atoms with Crippen molar-refractivity contribution in [3.63, 3.8) is 0 Å². The van der Waals surface area contributed by atoms with E-state index < -0.39 is 28.6 Å². The van der Waals surface area contributed by atoms with E-state index >= 15 is 0 Å². The number of ketones is 1. The van der Waals surface area contributed by atoms with Crippen LogP contribution in [-0.4, -0.2) is 60.3 Å². The Hall–Kier alpha value is -1.63. The van der Waals surface area contributed by atoms with Gasteiger partial charge in [0.2, 0.25) is 5.54 Å². The van der Waals surface area contributed by atoms with Gasteiger partial charge >= 0.3 is 12.1 Å². The van der Waals surface area contributed by atoms with Crippen LogP contribution < -0.4 is 0 Å². The molecule has 0 bridgehead atoms. The average Bonchev–Trinajstić information content (AvgIpc) is 2.78. The molecular formula is C16H25NO6. The van der Waals surface area contributed by atoms with Crippen molar-refractivity contribution in [3.8, 4) is 0 Å². The van der Waals surface area contributed by atoms with Gasteiger partial charge in [-0.3, -0.25) is 9.69 Å². The third-order valence-electron chi connectivity index (χ3n) is 4.30. The quantitative estimate of drug-likeness (QED) is 0.563. The molecule has 1 aliphatic carbocycles. The van der Waals surface area contributed by atoms with Crippen LogP contribution in [0.25, 0.3) is 0 Å². The minimum absolute atomic E-state index is 0.112. The molecule has 0 spiro atoms. The summed E-state index contributed by atoms with van der Waals surface area (Å²) in [6, 6.07) is 0. The van der Waals surface area contributed by atoms with E-state index in [0.29, 0.717) is 13.0 Å². The minimum Gasteiger partial charge on any atom is -0.464 e. The number of nitrogens with zero attached hydrogens (tertiary/aromatic N) is 1. The Morgan fingerprint density at radius 3 is 2.39 bits per heavy atom. The first-order valence-electron chi connectivity index (χ1n) is 7.98. The van der Waals surface area contributed by atoms with E-state index in [4.69, 9.17) is 14.2 Å². The SMILES string of the molecule is CCOCC12CCN(C(=O)OC(C)(C)C)C1(C(=O)OCC)C2=O. The minimum atomic E-state index is -1.58. The van der Waals surface area contributed by atoms with E-state index in [-0.39, 0.29) is 25.5 Å². The first kappa shape index (κ1) is 17.7. The summed E-state index contributed by atoms with van der Waals surface area (Å²) in [5.74, 6) is -0.998. The second-order valence-corrected chi connectivity index (χ2v) is 6.86. The summed E-state index contributed by atoms with van der Waals surface area (Å²) in [6.07, 6.45) is -0.293. The van der Waals surface area contributed by atoms with Crippen molar-refractivity contribution in [3.05, 3.63) is 0 Å². The van der Waals surface area contributed by atoms with Crippen molar-refractivity contribution in [2.75, 3.05) is 26.4 Å². The number of hydrogen-bond donors (Lipinski definition) is 0. The van der Waals surface area contributed by atoms with Crippen LogP contribution in [0.3, 0.4) is 0 Å². The normalized spacial score (nSPS) is 29.3. The van der Waals surface area contributed by atoms with Crippen LogP contribution in [-0.2, 0) is 23.8 Å². The Bertz CT molecular complexity index is 525. The van der Waals surface area contributed by atoms with Crippen molar-refractivity contribution in [1.29, 1.82) is 0 Å². The number of carbonyl (C=O) groups excluding carboxylic acids is 3. The van der Waals surface area contributed by atoms with Crippen LogP contribution in [0.5, 0.6) is 0 Å². The van der Waals surface area contributed by atoms with Gasteiger partial charge in [0.05, 0.1) is 18.6 Å². The maximum Gasteiger partial charge on any atom is 0.411 e. The number of esters is 1. The van der Waals surface area contributed by atoms with Gasteiger partial charge in [0, 0.05) is 13.2 Å². The third-order valence-corrected chi connectivity index (χ3v) is 4.30. The highest BCUT2D eigenvalue weighted by Gasteiger charge is 2.89. The van der Waals surface area contributed by atoms with Crippen LogP contribution in [0.1, 0.15) is 41.0 Å². The largest absolute Gasteiger partial charge is 0.464 e. The lowest BCUT2D eigenvalue weighted by Crippen LogP contribution is -2.50. The molecular weight excluding hydrogens is 302 g/mol.